The monoisotopic (exact) mass is 204 g/mol. The van der Waals surface area contributed by atoms with E-state index < -0.39 is 9.84 Å². The van der Waals surface area contributed by atoms with Gasteiger partial charge in [-0.25, -0.2) is 8.42 Å². The summed E-state index contributed by atoms with van der Waals surface area (Å²) in [5, 5.41) is 3.38. The van der Waals surface area contributed by atoms with E-state index in [1.807, 2.05) is 7.05 Å². The average Bonchev–Trinajstić information content (AvgIpc) is 2.06. The van der Waals surface area contributed by atoms with Gasteiger partial charge in [-0.15, -0.1) is 0 Å². The molecule has 13 heavy (non-hydrogen) atoms. The summed E-state index contributed by atoms with van der Waals surface area (Å²) in [6.07, 6.45) is 0.775. The van der Waals surface area contributed by atoms with Gasteiger partial charge in [0.2, 0.25) is 0 Å². The molecule has 2 unspecified atom stereocenters. The molecule has 4 nitrogen and oxygen atoms in total. The lowest BCUT2D eigenvalue weighted by Gasteiger charge is -2.42. The number of likely N-dealkylation sites (N-methyl/N-ethyl adjacent to an activating group) is 1. The minimum absolute atomic E-state index is 0.201. The van der Waals surface area contributed by atoms with Crippen molar-refractivity contribution < 1.29 is 8.42 Å². The van der Waals surface area contributed by atoms with Gasteiger partial charge in [0, 0.05) is 25.2 Å². The number of hydrogen-bond donors (Lipinski definition) is 1. The molecular weight excluding hydrogens is 188 g/mol. The van der Waals surface area contributed by atoms with Gasteiger partial charge in [0.25, 0.3) is 0 Å². The first-order valence-corrected chi connectivity index (χ1v) is 6.55. The Labute approximate surface area is 79.2 Å². The minimum atomic E-state index is -2.77. The Bertz CT molecular complexity index is 289. The maximum absolute atomic E-state index is 11.4. The van der Waals surface area contributed by atoms with Gasteiger partial charge in [-0.05, 0) is 13.5 Å². The molecule has 0 radical (unpaired) electrons. The second kappa shape index (κ2) is 3.22. The number of rotatable bonds is 0. The second-order valence-electron chi connectivity index (χ2n) is 4.01. The van der Waals surface area contributed by atoms with Crippen molar-refractivity contribution >= 4 is 9.84 Å². The van der Waals surface area contributed by atoms with Crippen LogP contribution in [0.3, 0.4) is 0 Å². The molecular formula is C8H16N2O2S. The van der Waals surface area contributed by atoms with Crippen LogP contribution < -0.4 is 5.32 Å². The smallest absolute Gasteiger partial charge is 0.151 e. The zero-order valence-corrected chi connectivity index (χ0v) is 8.68. The molecule has 2 atom stereocenters. The Morgan fingerprint density at radius 3 is 3.00 bits per heavy atom. The lowest BCUT2D eigenvalue weighted by molar-refractivity contribution is 0.158. The molecule has 0 aromatic carbocycles. The van der Waals surface area contributed by atoms with E-state index in [9.17, 15) is 8.42 Å². The fourth-order valence-electron chi connectivity index (χ4n) is 2.22. The predicted octanol–water partition coefficient (Wildman–Crippen LogP) is -0.923. The molecule has 0 amide bonds. The van der Waals surface area contributed by atoms with Gasteiger partial charge in [-0.3, -0.25) is 4.90 Å². The van der Waals surface area contributed by atoms with E-state index in [2.05, 4.69) is 10.2 Å². The van der Waals surface area contributed by atoms with Gasteiger partial charge >= 0.3 is 0 Å². The number of sulfone groups is 1. The lowest BCUT2D eigenvalue weighted by atomic mass is 10.0. The summed E-state index contributed by atoms with van der Waals surface area (Å²) in [5.41, 5.74) is 0. The normalized spacial score (nSPS) is 39.8. The molecule has 2 aliphatic heterocycles. The quantitative estimate of drug-likeness (QED) is 0.554. The van der Waals surface area contributed by atoms with Crippen LogP contribution >= 0.6 is 0 Å². The second-order valence-corrected chi connectivity index (χ2v) is 6.24. The summed E-state index contributed by atoms with van der Waals surface area (Å²) in [5.74, 6) is 0.691. The zero-order valence-electron chi connectivity index (χ0n) is 7.86. The van der Waals surface area contributed by atoms with Gasteiger partial charge in [-0.2, -0.15) is 0 Å². The Morgan fingerprint density at radius 2 is 2.23 bits per heavy atom. The molecule has 0 aromatic heterocycles. The molecule has 0 saturated carbocycles. The first kappa shape index (κ1) is 9.43. The van der Waals surface area contributed by atoms with E-state index in [0.29, 0.717) is 17.5 Å². The first-order chi connectivity index (χ1) is 6.08. The maximum Gasteiger partial charge on any atom is 0.151 e. The summed E-state index contributed by atoms with van der Waals surface area (Å²) in [4.78, 5) is 2.16. The SMILES string of the molecule is CN1CCNC2CCS(=O)(=O)CC21. The van der Waals surface area contributed by atoms with Crippen LogP contribution in [0.25, 0.3) is 0 Å². The standard InChI is InChI=1S/C8H16N2O2S/c1-10-4-3-9-7-2-5-13(11,12)6-8(7)10/h7-9H,2-6H2,1H3. The molecule has 0 spiro atoms. The maximum atomic E-state index is 11.4. The van der Waals surface area contributed by atoms with Crippen LogP contribution in [0.4, 0.5) is 0 Å². The highest BCUT2D eigenvalue weighted by Crippen LogP contribution is 2.19. The molecule has 2 heterocycles. The fourth-order valence-corrected chi connectivity index (χ4v) is 4.01. The van der Waals surface area contributed by atoms with Gasteiger partial charge < -0.3 is 5.32 Å². The summed E-state index contributed by atoms with van der Waals surface area (Å²) >= 11 is 0. The highest BCUT2D eigenvalue weighted by atomic mass is 32.2. The van der Waals surface area contributed by atoms with E-state index in [0.717, 1.165) is 19.5 Å². The third-order valence-electron chi connectivity index (χ3n) is 3.07. The summed E-state index contributed by atoms with van der Waals surface area (Å²) in [6.45, 7) is 1.94. The predicted molar refractivity (Wildman–Crippen MR) is 51.5 cm³/mol. The number of nitrogens with zero attached hydrogens (tertiary/aromatic N) is 1. The molecule has 2 aliphatic rings. The van der Waals surface area contributed by atoms with Crippen molar-refractivity contribution in [3.8, 4) is 0 Å². The van der Waals surface area contributed by atoms with Crippen molar-refractivity contribution in [2.45, 2.75) is 18.5 Å². The molecule has 2 saturated heterocycles. The van der Waals surface area contributed by atoms with E-state index >= 15 is 0 Å². The van der Waals surface area contributed by atoms with Crippen molar-refractivity contribution in [1.29, 1.82) is 0 Å². The molecule has 76 valence electrons. The van der Waals surface area contributed by atoms with Gasteiger partial charge in [0.15, 0.2) is 9.84 Å². The fraction of sp³-hybridized carbons (Fsp3) is 1.00. The number of nitrogens with one attached hydrogen (secondary N) is 1. The molecule has 1 N–H and O–H groups in total. The third-order valence-corrected chi connectivity index (χ3v) is 4.77. The van der Waals surface area contributed by atoms with Crippen LogP contribution in [0.1, 0.15) is 6.42 Å². The average molecular weight is 204 g/mol. The Hall–Kier alpha value is -0.130. The molecule has 5 heteroatoms. The highest BCUT2D eigenvalue weighted by Gasteiger charge is 2.37. The van der Waals surface area contributed by atoms with Crippen molar-refractivity contribution in [2.75, 3.05) is 31.6 Å². The summed E-state index contributed by atoms with van der Waals surface area (Å²) < 4.78 is 22.8. The summed E-state index contributed by atoms with van der Waals surface area (Å²) in [6, 6.07) is 0.592. The zero-order chi connectivity index (χ0) is 9.47. The van der Waals surface area contributed by atoms with Gasteiger partial charge in [-0.1, -0.05) is 0 Å². The topological polar surface area (TPSA) is 49.4 Å². The van der Waals surface area contributed by atoms with Crippen LogP contribution in [-0.2, 0) is 9.84 Å². The van der Waals surface area contributed by atoms with Crippen molar-refractivity contribution in [3.63, 3.8) is 0 Å². The molecule has 0 bridgehead atoms. The Kier molecular flexibility index (Phi) is 2.33. The van der Waals surface area contributed by atoms with Crippen molar-refractivity contribution in [2.24, 2.45) is 0 Å². The van der Waals surface area contributed by atoms with Crippen LogP contribution in [0.2, 0.25) is 0 Å². The highest BCUT2D eigenvalue weighted by molar-refractivity contribution is 7.91. The number of piperazine rings is 1. The third kappa shape index (κ3) is 1.87. The van der Waals surface area contributed by atoms with E-state index in [1.165, 1.54) is 0 Å². The minimum Gasteiger partial charge on any atom is -0.311 e. The molecule has 2 fully saturated rings. The van der Waals surface area contributed by atoms with Crippen molar-refractivity contribution in [1.82, 2.24) is 10.2 Å². The van der Waals surface area contributed by atoms with Gasteiger partial charge in [0.05, 0.1) is 11.5 Å². The van der Waals surface area contributed by atoms with Gasteiger partial charge in [0.1, 0.15) is 0 Å². The lowest BCUT2D eigenvalue weighted by Crippen LogP contribution is -2.61. The Morgan fingerprint density at radius 1 is 1.46 bits per heavy atom. The van der Waals surface area contributed by atoms with Crippen LogP contribution in [0, 0.1) is 0 Å². The summed E-state index contributed by atoms with van der Waals surface area (Å²) in [7, 11) is -0.754. The van der Waals surface area contributed by atoms with Crippen molar-refractivity contribution in [3.05, 3.63) is 0 Å². The number of hydrogen-bond acceptors (Lipinski definition) is 4. The van der Waals surface area contributed by atoms with E-state index in [1.54, 1.807) is 0 Å². The first-order valence-electron chi connectivity index (χ1n) is 4.72. The molecule has 0 aromatic rings. The van der Waals surface area contributed by atoms with E-state index in [4.69, 9.17) is 0 Å². The number of fused-ring (bicyclic) bond motifs is 1. The molecule has 0 aliphatic carbocycles. The molecule has 2 rings (SSSR count). The van der Waals surface area contributed by atoms with Crippen LogP contribution in [0.5, 0.6) is 0 Å². The van der Waals surface area contributed by atoms with Crippen LogP contribution in [-0.4, -0.2) is 57.0 Å². The van der Waals surface area contributed by atoms with E-state index in [-0.39, 0.29) is 6.04 Å². The Balaban J connectivity index is 2.14. The largest absolute Gasteiger partial charge is 0.311 e. The van der Waals surface area contributed by atoms with Crippen LogP contribution in [0.15, 0.2) is 0 Å².